The Hall–Kier alpha value is -1.28. The molecule has 358 valence electrons. The summed E-state index contributed by atoms with van der Waals surface area (Å²) >= 11 is 0. The maximum atomic E-state index is 15.3. The fraction of sp³-hybridized carbons (Fsp3) is 0.793. The highest BCUT2D eigenvalue weighted by molar-refractivity contribution is 7.40. The van der Waals surface area contributed by atoms with Gasteiger partial charge in [-0.3, -0.25) is 4.52 Å². The van der Waals surface area contributed by atoms with Crippen LogP contribution in [0.25, 0.3) is 0 Å². The Kier molecular flexibility index (Phi) is 30.5. The van der Waals surface area contributed by atoms with Gasteiger partial charge in [0, 0.05) is 0 Å². The highest BCUT2D eigenvalue weighted by atomic mass is 31.2. The van der Waals surface area contributed by atoms with Crippen molar-refractivity contribution >= 4 is 8.69 Å². The minimum Gasteiger partial charge on any atom is -0.325 e. The molecule has 62 heavy (non-hydrogen) atoms. The van der Waals surface area contributed by atoms with Crippen molar-refractivity contribution in [1.82, 2.24) is 0 Å². The molecule has 0 amide bonds. The van der Waals surface area contributed by atoms with Crippen molar-refractivity contribution < 1.29 is 13.6 Å². The zero-order valence-electron chi connectivity index (χ0n) is 42.7. The molecule has 0 saturated heterocycles. The lowest BCUT2D eigenvalue weighted by Crippen LogP contribution is -2.36. The third kappa shape index (κ3) is 22.3. The van der Waals surface area contributed by atoms with E-state index in [0.29, 0.717) is 6.42 Å². The normalized spacial score (nSPS) is 13.0. The fourth-order valence-electron chi connectivity index (χ4n) is 10.3. The Labute approximate surface area is 387 Å². The number of halogens is 1. The second-order valence-corrected chi connectivity index (χ2v) is 21.8. The van der Waals surface area contributed by atoms with Gasteiger partial charge in [0.25, 0.3) is 0 Å². The van der Waals surface area contributed by atoms with Gasteiger partial charge in [-0.2, -0.15) is 4.20 Å². The van der Waals surface area contributed by atoms with Crippen molar-refractivity contribution in [2.75, 3.05) is 0 Å². The largest absolute Gasteiger partial charge is 0.373 e. The quantitative estimate of drug-likeness (QED) is 0.0534. The Bertz CT molecular complexity index is 1300. The zero-order valence-corrected chi connectivity index (χ0v) is 43.6. The van der Waals surface area contributed by atoms with Crippen molar-refractivity contribution in [3.05, 3.63) is 69.8 Å². The van der Waals surface area contributed by atoms with Gasteiger partial charge < -0.3 is 4.89 Å². The third-order valence-corrected chi connectivity index (χ3v) is 14.8. The number of hydrogen-bond acceptors (Lipinski definition) is 2. The van der Waals surface area contributed by atoms with E-state index in [0.717, 1.165) is 30.4 Å². The maximum Gasteiger partial charge on any atom is 0.373 e. The smallest absolute Gasteiger partial charge is 0.325 e. The molecule has 0 aliphatic heterocycles. The molecule has 0 radical (unpaired) electrons. The molecule has 1 unspecified atom stereocenters. The molecule has 4 heteroatoms. The van der Waals surface area contributed by atoms with Crippen molar-refractivity contribution in [2.45, 2.75) is 297 Å². The van der Waals surface area contributed by atoms with Gasteiger partial charge in [-0.15, -0.1) is 0 Å². The molecular formula is C58H102FO2P. The zero-order chi connectivity index (χ0) is 45.5. The SMILES string of the molecule is CCCCCCCCCCCCCCCCCC(C)(C)c1cc(C)ccc1C(CCC)(OP(O)F)c1ccc(C)cc1C(C)(C)CCCCCCCCCCCCCCCCC. The molecule has 1 atom stereocenters. The monoisotopic (exact) mass is 881 g/mol. The summed E-state index contributed by atoms with van der Waals surface area (Å²) in [5.74, 6) is 0. The van der Waals surface area contributed by atoms with E-state index in [-0.39, 0.29) is 10.8 Å². The van der Waals surface area contributed by atoms with Crippen LogP contribution in [0.4, 0.5) is 4.20 Å². The molecule has 2 nitrogen and oxygen atoms in total. The molecule has 0 aliphatic carbocycles. The van der Waals surface area contributed by atoms with Crippen LogP contribution in [-0.2, 0) is 21.0 Å². The summed E-state index contributed by atoms with van der Waals surface area (Å²) in [5, 5.41) is 0. The van der Waals surface area contributed by atoms with E-state index < -0.39 is 14.3 Å². The van der Waals surface area contributed by atoms with Crippen LogP contribution in [0.5, 0.6) is 0 Å². The minimum atomic E-state index is -3.12. The van der Waals surface area contributed by atoms with Crippen LogP contribution in [0.1, 0.15) is 300 Å². The van der Waals surface area contributed by atoms with Crippen LogP contribution in [0, 0.1) is 13.8 Å². The second-order valence-electron chi connectivity index (χ2n) is 21.2. The lowest BCUT2D eigenvalue weighted by atomic mass is 9.67. The summed E-state index contributed by atoms with van der Waals surface area (Å²) in [6.45, 7) is 20.6. The average molecular weight is 881 g/mol. The number of rotatable bonds is 40. The van der Waals surface area contributed by atoms with Gasteiger partial charge >= 0.3 is 8.69 Å². The number of hydrogen-bond donors (Lipinski definition) is 1. The molecule has 0 fully saturated rings. The fourth-order valence-corrected chi connectivity index (χ4v) is 10.9. The van der Waals surface area contributed by atoms with Gasteiger partial charge in [0.05, 0.1) is 0 Å². The van der Waals surface area contributed by atoms with E-state index in [9.17, 15) is 4.89 Å². The summed E-state index contributed by atoms with van der Waals surface area (Å²) < 4.78 is 21.7. The first-order valence-corrected chi connectivity index (χ1v) is 28.0. The molecule has 2 aromatic carbocycles. The molecule has 0 aromatic heterocycles. The highest BCUT2D eigenvalue weighted by Crippen LogP contribution is 2.54. The van der Waals surface area contributed by atoms with Crippen LogP contribution in [-0.4, -0.2) is 4.89 Å². The Balaban J connectivity index is 2.09. The van der Waals surface area contributed by atoms with Crippen LogP contribution < -0.4 is 0 Å². The molecule has 0 bridgehead atoms. The van der Waals surface area contributed by atoms with E-state index in [1.54, 1.807) is 0 Å². The summed E-state index contributed by atoms with van der Waals surface area (Å²) in [5.41, 5.74) is 5.59. The molecule has 0 aliphatic rings. The van der Waals surface area contributed by atoms with Crippen molar-refractivity contribution in [3.63, 3.8) is 0 Å². The first kappa shape index (κ1) is 56.8. The van der Waals surface area contributed by atoms with E-state index in [1.807, 2.05) is 0 Å². The first-order chi connectivity index (χ1) is 29.8. The number of benzene rings is 2. The predicted molar refractivity (Wildman–Crippen MR) is 275 cm³/mol. The summed E-state index contributed by atoms with van der Waals surface area (Å²) in [6.07, 6.45) is 44.5. The first-order valence-electron chi connectivity index (χ1n) is 26.9. The van der Waals surface area contributed by atoms with E-state index in [2.05, 4.69) is 98.7 Å². The summed E-state index contributed by atoms with van der Waals surface area (Å²) in [7, 11) is -3.12. The maximum absolute atomic E-state index is 15.3. The molecule has 2 aromatic rings. The van der Waals surface area contributed by atoms with Gasteiger partial charge in [-0.25, -0.2) is 0 Å². The Morgan fingerprint density at radius 2 is 0.677 bits per heavy atom. The topological polar surface area (TPSA) is 29.5 Å². The average Bonchev–Trinajstić information content (AvgIpc) is 3.23. The standard InChI is InChI=1S/C58H102FO2P/c1-10-13-15-17-19-21-23-25-27-29-31-33-35-37-39-46-56(6,7)54-48-50(4)41-43-52(54)58(45-12-3,61-62(59)60)53-44-42-51(5)49-55(53)57(8,9)47-40-38-36-34-32-30-28-26-24-22-20-18-16-14-11-2/h41-44,48-49,60H,10-40,45-47H2,1-9H3. The summed E-state index contributed by atoms with van der Waals surface area (Å²) in [6, 6.07) is 13.4. The minimum absolute atomic E-state index is 0.136. The highest BCUT2D eigenvalue weighted by Gasteiger charge is 2.44. The van der Waals surface area contributed by atoms with Crippen molar-refractivity contribution in [3.8, 4) is 0 Å². The lowest BCUT2D eigenvalue weighted by Gasteiger charge is -2.42. The van der Waals surface area contributed by atoms with Gasteiger partial charge in [-0.05, 0) is 66.2 Å². The van der Waals surface area contributed by atoms with Gasteiger partial charge in [0.1, 0.15) is 5.60 Å². The number of aryl methyl sites for hydroxylation is 2. The molecule has 0 heterocycles. The summed E-state index contributed by atoms with van der Waals surface area (Å²) in [4.78, 5) is 10.6. The lowest BCUT2D eigenvalue weighted by molar-refractivity contribution is 0.0860. The van der Waals surface area contributed by atoms with E-state index in [1.165, 1.54) is 215 Å². The van der Waals surface area contributed by atoms with E-state index in [4.69, 9.17) is 4.52 Å². The van der Waals surface area contributed by atoms with Gasteiger partial charge in [0.2, 0.25) is 0 Å². The number of unbranched alkanes of at least 4 members (excludes halogenated alkanes) is 28. The van der Waals surface area contributed by atoms with Crippen LogP contribution in [0.15, 0.2) is 36.4 Å². The predicted octanol–water partition coefficient (Wildman–Crippen LogP) is 20.6. The third-order valence-electron chi connectivity index (χ3n) is 14.3. The molecule has 2 rings (SSSR count). The Morgan fingerprint density at radius 1 is 0.403 bits per heavy atom. The Morgan fingerprint density at radius 3 is 0.935 bits per heavy atom. The van der Waals surface area contributed by atoms with Gasteiger partial charge in [0.15, 0.2) is 0 Å². The van der Waals surface area contributed by atoms with Gasteiger partial charge in [-0.1, -0.05) is 295 Å². The second kappa shape index (κ2) is 33.2. The molecular weight excluding hydrogens is 779 g/mol. The molecule has 0 saturated carbocycles. The molecule has 0 spiro atoms. The van der Waals surface area contributed by atoms with Crippen molar-refractivity contribution in [2.24, 2.45) is 0 Å². The van der Waals surface area contributed by atoms with Crippen LogP contribution in [0.2, 0.25) is 0 Å². The molecule has 1 N–H and O–H groups in total. The van der Waals surface area contributed by atoms with E-state index >= 15 is 4.20 Å². The van der Waals surface area contributed by atoms with Crippen LogP contribution >= 0.6 is 8.69 Å². The van der Waals surface area contributed by atoms with Crippen molar-refractivity contribution in [1.29, 1.82) is 0 Å². The van der Waals surface area contributed by atoms with Crippen LogP contribution in [0.3, 0.4) is 0 Å².